The van der Waals surface area contributed by atoms with Crippen LogP contribution >= 0.6 is 15.9 Å². The lowest BCUT2D eigenvalue weighted by Crippen LogP contribution is -2.34. The summed E-state index contributed by atoms with van der Waals surface area (Å²) in [5, 5.41) is 1.02. The quantitative estimate of drug-likeness (QED) is 0.473. The van der Waals surface area contributed by atoms with E-state index in [0.717, 1.165) is 49.8 Å². The molecule has 1 saturated carbocycles. The molecular weight excluding hydrogens is 362 g/mol. The highest BCUT2D eigenvalue weighted by Crippen LogP contribution is 2.36. The number of halogens is 1. The highest BCUT2D eigenvalue weighted by Gasteiger charge is 2.29. The maximum absolute atomic E-state index is 12.8. The molecule has 2 aliphatic rings. The summed E-state index contributed by atoms with van der Waals surface area (Å²) in [6.07, 6.45) is 16.2. The molecule has 2 rings (SSSR count). The number of ketones is 1. The molecule has 1 fully saturated rings. The standard InChI is InChI=1S/C21H36BrNO/c1-2-16-23(17-10-15-22)21-19(13-9-14-20(21)24)18-11-7-5-3-4-6-8-12-18/h18H,2-17H2,1H3. The zero-order valence-corrected chi connectivity index (χ0v) is 17.2. The van der Waals surface area contributed by atoms with E-state index in [1.165, 1.54) is 63.4 Å². The molecule has 0 aromatic rings. The van der Waals surface area contributed by atoms with Crippen molar-refractivity contribution in [3.8, 4) is 0 Å². The minimum atomic E-state index is 0.430. The zero-order valence-electron chi connectivity index (χ0n) is 15.6. The first-order chi connectivity index (χ1) is 11.8. The van der Waals surface area contributed by atoms with Crippen molar-refractivity contribution in [2.24, 2.45) is 5.92 Å². The Bertz CT molecular complexity index is 408. The van der Waals surface area contributed by atoms with E-state index in [1.54, 1.807) is 0 Å². The van der Waals surface area contributed by atoms with E-state index in [4.69, 9.17) is 0 Å². The van der Waals surface area contributed by atoms with Crippen LogP contribution in [-0.4, -0.2) is 29.1 Å². The van der Waals surface area contributed by atoms with Gasteiger partial charge in [0.2, 0.25) is 0 Å². The van der Waals surface area contributed by atoms with Crippen molar-refractivity contribution in [1.82, 2.24) is 4.90 Å². The van der Waals surface area contributed by atoms with Crippen molar-refractivity contribution < 1.29 is 4.79 Å². The van der Waals surface area contributed by atoms with Gasteiger partial charge in [0.15, 0.2) is 5.78 Å². The Morgan fingerprint density at radius 1 is 0.958 bits per heavy atom. The van der Waals surface area contributed by atoms with Crippen molar-refractivity contribution in [2.45, 2.75) is 90.4 Å². The Morgan fingerprint density at radius 2 is 1.62 bits per heavy atom. The number of rotatable bonds is 7. The molecule has 0 bridgehead atoms. The van der Waals surface area contributed by atoms with Crippen LogP contribution in [0.2, 0.25) is 0 Å². The summed E-state index contributed by atoms with van der Waals surface area (Å²) >= 11 is 3.56. The summed E-state index contributed by atoms with van der Waals surface area (Å²) in [7, 11) is 0. The maximum atomic E-state index is 12.8. The first-order valence-corrected chi connectivity index (χ1v) is 11.5. The second-order valence-electron chi connectivity index (χ2n) is 7.58. The van der Waals surface area contributed by atoms with E-state index in [9.17, 15) is 4.79 Å². The predicted molar refractivity (Wildman–Crippen MR) is 107 cm³/mol. The fourth-order valence-corrected chi connectivity index (χ4v) is 4.72. The highest BCUT2D eigenvalue weighted by molar-refractivity contribution is 9.09. The van der Waals surface area contributed by atoms with Gasteiger partial charge in [-0.15, -0.1) is 0 Å². The smallest absolute Gasteiger partial charge is 0.178 e. The first-order valence-electron chi connectivity index (χ1n) is 10.3. The van der Waals surface area contributed by atoms with Crippen molar-refractivity contribution in [1.29, 1.82) is 0 Å². The molecule has 0 amide bonds. The maximum Gasteiger partial charge on any atom is 0.178 e. The summed E-state index contributed by atoms with van der Waals surface area (Å²) in [4.78, 5) is 15.3. The molecule has 24 heavy (non-hydrogen) atoms. The van der Waals surface area contributed by atoms with Crippen LogP contribution < -0.4 is 0 Å². The molecule has 2 aliphatic carbocycles. The van der Waals surface area contributed by atoms with Gasteiger partial charge >= 0.3 is 0 Å². The van der Waals surface area contributed by atoms with Crippen LogP contribution in [-0.2, 0) is 4.79 Å². The number of hydrogen-bond donors (Lipinski definition) is 0. The molecule has 0 unspecified atom stereocenters. The fourth-order valence-electron chi connectivity index (χ4n) is 4.47. The van der Waals surface area contributed by atoms with Crippen molar-refractivity contribution in [3.63, 3.8) is 0 Å². The molecule has 0 aromatic heterocycles. The van der Waals surface area contributed by atoms with Crippen molar-refractivity contribution in [2.75, 3.05) is 18.4 Å². The topological polar surface area (TPSA) is 20.3 Å². The fraction of sp³-hybridized carbons (Fsp3) is 0.857. The lowest BCUT2D eigenvalue weighted by Gasteiger charge is -2.34. The number of nitrogens with zero attached hydrogens (tertiary/aromatic N) is 1. The Hall–Kier alpha value is -0.310. The number of carbonyl (C=O) groups is 1. The lowest BCUT2D eigenvalue weighted by molar-refractivity contribution is -0.117. The van der Waals surface area contributed by atoms with Crippen LogP contribution in [0, 0.1) is 5.92 Å². The van der Waals surface area contributed by atoms with Crippen LogP contribution in [0.3, 0.4) is 0 Å². The van der Waals surface area contributed by atoms with Gasteiger partial charge in [-0.2, -0.15) is 0 Å². The van der Waals surface area contributed by atoms with Gasteiger partial charge in [-0.1, -0.05) is 61.4 Å². The summed E-state index contributed by atoms with van der Waals surface area (Å²) in [6, 6.07) is 0. The average Bonchev–Trinajstić information content (AvgIpc) is 2.72. The van der Waals surface area contributed by atoms with Gasteiger partial charge in [0.25, 0.3) is 0 Å². The summed E-state index contributed by atoms with van der Waals surface area (Å²) in [5.74, 6) is 1.10. The van der Waals surface area contributed by atoms with Crippen molar-refractivity contribution >= 4 is 21.7 Å². The average molecular weight is 398 g/mol. The second-order valence-corrected chi connectivity index (χ2v) is 8.37. The normalized spacial score (nSPS) is 21.3. The molecule has 0 aliphatic heterocycles. The third kappa shape index (κ3) is 5.89. The second kappa shape index (κ2) is 11.3. The van der Waals surface area contributed by atoms with E-state index >= 15 is 0 Å². The number of Topliss-reactive ketones (excluding diaryl/α,β-unsaturated/α-hetero) is 1. The third-order valence-corrected chi connectivity index (χ3v) is 6.20. The van der Waals surface area contributed by atoms with Gasteiger partial charge < -0.3 is 4.90 Å². The van der Waals surface area contributed by atoms with Gasteiger partial charge in [-0.05, 0) is 50.0 Å². The van der Waals surface area contributed by atoms with E-state index in [0.29, 0.717) is 11.7 Å². The molecule has 0 saturated heterocycles. The SMILES string of the molecule is CCCN(CCCBr)C1=C(C2CCCCCCCC2)CCCC1=O. The Labute approximate surface area is 157 Å². The molecule has 0 N–H and O–H groups in total. The number of allylic oxidation sites excluding steroid dienone is 2. The van der Waals surface area contributed by atoms with E-state index in [2.05, 4.69) is 27.8 Å². The summed E-state index contributed by atoms with van der Waals surface area (Å²) < 4.78 is 0. The van der Waals surface area contributed by atoms with Gasteiger partial charge in [0, 0.05) is 24.8 Å². The van der Waals surface area contributed by atoms with E-state index < -0.39 is 0 Å². The molecule has 0 heterocycles. The molecule has 0 radical (unpaired) electrons. The predicted octanol–water partition coefficient (Wildman–Crippen LogP) is 6.24. The van der Waals surface area contributed by atoms with E-state index in [1.807, 2.05) is 0 Å². The Morgan fingerprint density at radius 3 is 2.25 bits per heavy atom. The van der Waals surface area contributed by atoms with Crippen LogP contribution in [0.5, 0.6) is 0 Å². The summed E-state index contributed by atoms with van der Waals surface area (Å²) in [5.41, 5.74) is 2.68. The van der Waals surface area contributed by atoms with Gasteiger partial charge in [-0.25, -0.2) is 0 Å². The largest absolute Gasteiger partial charge is 0.369 e. The molecule has 0 atom stereocenters. The van der Waals surface area contributed by atoms with Crippen LogP contribution in [0.25, 0.3) is 0 Å². The Kier molecular flexibility index (Phi) is 9.45. The minimum absolute atomic E-state index is 0.430. The van der Waals surface area contributed by atoms with Gasteiger partial charge in [0.05, 0.1) is 5.70 Å². The monoisotopic (exact) mass is 397 g/mol. The van der Waals surface area contributed by atoms with E-state index in [-0.39, 0.29) is 0 Å². The summed E-state index contributed by atoms with van der Waals surface area (Å²) in [6.45, 7) is 4.29. The molecule has 138 valence electrons. The first kappa shape index (κ1) is 20.0. The molecule has 0 aromatic carbocycles. The van der Waals surface area contributed by atoms with Crippen LogP contribution in [0.15, 0.2) is 11.3 Å². The zero-order chi connectivity index (χ0) is 17.2. The van der Waals surface area contributed by atoms with Crippen LogP contribution in [0.4, 0.5) is 0 Å². The number of carbonyl (C=O) groups excluding carboxylic acids is 1. The molecule has 0 spiro atoms. The minimum Gasteiger partial charge on any atom is -0.369 e. The van der Waals surface area contributed by atoms with Crippen molar-refractivity contribution in [3.05, 3.63) is 11.3 Å². The van der Waals surface area contributed by atoms with Gasteiger partial charge in [-0.3, -0.25) is 4.79 Å². The van der Waals surface area contributed by atoms with Crippen LogP contribution in [0.1, 0.15) is 90.4 Å². The molecule has 3 heteroatoms. The Balaban J connectivity index is 2.24. The number of hydrogen-bond acceptors (Lipinski definition) is 2. The molecular formula is C21H36BrNO. The molecule has 2 nitrogen and oxygen atoms in total. The lowest BCUT2D eigenvalue weighted by atomic mass is 9.81. The number of alkyl halides is 1. The third-order valence-electron chi connectivity index (χ3n) is 5.64. The van der Waals surface area contributed by atoms with Gasteiger partial charge in [0.1, 0.15) is 0 Å². The highest BCUT2D eigenvalue weighted by atomic mass is 79.9.